The first-order chi connectivity index (χ1) is 10.2. The Bertz CT molecular complexity index is 500. The van der Waals surface area contributed by atoms with Crippen molar-refractivity contribution in [2.75, 3.05) is 26.7 Å². The van der Waals surface area contributed by atoms with Gasteiger partial charge in [0.2, 0.25) is 5.91 Å². The molecule has 2 atom stereocenters. The van der Waals surface area contributed by atoms with Crippen LogP contribution in [0, 0.1) is 0 Å². The number of carbonyl (C=O) groups is 1. The molecule has 2 aliphatic rings. The second-order valence-electron chi connectivity index (χ2n) is 6.11. The van der Waals surface area contributed by atoms with Crippen LogP contribution in [0.2, 0.25) is 0 Å². The zero-order valence-corrected chi connectivity index (χ0v) is 12.9. The van der Waals surface area contributed by atoms with E-state index in [4.69, 9.17) is 0 Å². The first-order valence-electron chi connectivity index (χ1n) is 7.92. The number of aromatic nitrogens is 2. The Morgan fingerprint density at radius 1 is 1.57 bits per heavy atom. The second kappa shape index (κ2) is 6.15. The molecule has 0 spiro atoms. The Hall–Kier alpha value is -1.40. The summed E-state index contributed by atoms with van der Waals surface area (Å²) in [6, 6.07) is 0.385. The number of likely N-dealkylation sites (N-methyl/N-ethyl adjacent to an activating group) is 2. The van der Waals surface area contributed by atoms with Crippen molar-refractivity contribution in [3.05, 3.63) is 17.7 Å². The van der Waals surface area contributed by atoms with Crippen molar-refractivity contribution in [3.63, 3.8) is 0 Å². The van der Waals surface area contributed by atoms with Gasteiger partial charge in [-0.15, -0.1) is 0 Å². The normalized spacial score (nSPS) is 25.8. The topological polar surface area (TPSA) is 64.3 Å². The van der Waals surface area contributed by atoms with Crippen molar-refractivity contribution in [1.29, 1.82) is 0 Å². The summed E-state index contributed by atoms with van der Waals surface area (Å²) < 4.78 is 0. The number of carbonyl (C=O) groups excluding carboxylic acids is 1. The van der Waals surface area contributed by atoms with E-state index in [1.165, 1.54) is 19.4 Å². The van der Waals surface area contributed by atoms with Gasteiger partial charge in [-0.25, -0.2) is 4.98 Å². The minimum Gasteiger partial charge on any atom is -0.347 e. The molecule has 1 amide bonds. The molecule has 0 aromatic carbocycles. The van der Waals surface area contributed by atoms with Gasteiger partial charge in [0.25, 0.3) is 0 Å². The van der Waals surface area contributed by atoms with Gasteiger partial charge in [-0.1, -0.05) is 6.92 Å². The van der Waals surface area contributed by atoms with Crippen LogP contribution in [-0.4, -0.2) is 64.4 Å². The molecule has 1 aromatic rings. The molecule has 6 heteroatoms. The molecule has 1 aromatic heterocycles. The number of nitrogens with zero attached hydrogens (tertiary/aromatic N) is 3. The van der Waals surface area contributed by atoms with Crippen molar-refractivity contribution in [2.45, 2.75) is 44.8 Å². The fourth-order valence-corrected chi connectivity index (χ4v) is 3.53. The van der Waals surface area contributed by atoms with Crippen LogP contribution in [0.3, 0.4) is 0 Å². The molecule has 3 rings (SSSR count). The zero-order valence-electron chi connectivity index (χ0n) is 12.9. The smallest absolute Gasteiger partial charge is 0.239 e. The van der Waals surface area contributed by atoms with E-state index >= 15 is 0 Å². The van der Waals surface area contributed by atoms with E-state index in [2.05, 4.69) is 27.1 Å². The summed E-state index contributed by atoms with van der Waals surface area (Å²) in [4.78, 5) is 24.4. The van der Waals surface area contributed by atoms with E-state index in [-0.39, 0.29) is 11.9 Å². The van der Waals surface area contributed by atoms with Crippen LogP contribution in [-0.2, 0) is 17.8 Å². The van der Waals surface area contributed by atoms with Crippen molar-refractivity contribution in [3.8, 4) is 0 Å². The van der Waals surface area contributed by atoms with Crippen molar-refractivity contribution >= 4 is 5.91 Å². The summed E-state index contributed by atoms with van der Waals surface area (Å²) in [5, 5.41) is 3.32. The molecule has 3 heterocycles. The van der Waals surface area contributed by atoms with E-state index in [9.17, 15) is 4.79 Å². The minimum absolute atomic E-state index is 0.137. The molecule has 0 aliphatic carbocycles. The molecule has 2 aliphatic heterocycles. The lowest BCUT2D eigenvalue weighted by molar-refractivity contribution is -0.133. The standard InChI is InChI=1S/C15H25N5O/c1-3-20-6-4-5-11(20)9-19(2)15(21)13-7-12-14(8-16-13)18-10-17-12/h10-11,13,16H,3-9H2,1-2H3,(H,17,18). The Morgan fingerprint density at radius 3 is 3.24 bits per heavy atom. The number of likely N-dealkylation sites (tertiary alicyclic amines) is 1. The molecule has 1 fully saturated rings. The van der Waals surface area contributed by atoms with Gasteiger partial charge >= 0.3 is 0 Å². The molecule has 0 radical (unpaired) electrons. The molecule has 21 heavy (non-hydrogen) atoms. The second-order valence-corrected chi connectivity index (χ2v) is 6.11. The number of rotatable bonds is 4. The predicted molar refractivity (Wildman–Crippen MR) is 80.8 cm³/mol. The van der Waals surface area contributed by atoms with Gasteiger partial charge in [0.05, 0.1) is 23.8 Å². The van der Waals surface area contributed by atoms with E-state index in [1.54, 1.807) is 6.33 Å². The summed E-state index contributed by atoms with van der Waals surface area (Å²) in [7, 11) is 1.93. The lowest BCUT2D eigenvalue weighted by atomic mass is 10.0. The number of hydrogen-bond acceptors (Lipinski definition) is 4. The molecular weight excluding hydrogens is 266 g/mol. The van der Waals surface area contributed by atoms with Gasteiger partial charge in [-0.05, 0) is 25.9 Å². The predicted octanol–water partition coefficient (Wildman–Crippen LogP) is 0.367. The zero-order chi connectivity index (χ0) is 14.8. The average Bonchev–Trinajstić information content (AvgIpc) is 3.13. The van der Waals surface area contributed by atoms with Crippen LogP contribution < -0.4 is 5.32 Å². The van der Waals surface area contributed by atoms with Gasteiger partial charge < -0.3 is 9.88 Å². The summed E-state index contributed by atoms with van der Waals surface area (Å²) in [5.74, 6) is 0.187. The number of amides is 1. The van der Waals surface area contributed by atoms with Crippen LogP contribution >= 0.6 is 0 Å². The SMILES string of the molecule is CCN1CCCC1CN(C)C(=O)C1Cc2nc[nH]c2CN1. The molecule has 2 N–H and O–H groups in total. The lowest BCUT2D eigenvalue weighted by Gasteiger charge is -2.31. The highest BCUT2D eigenvalue weighted by atomic mass is 16.2. The largest absolute Gasteiger partial charge is 0.347 e. The first-order valence-corrected chi connectivity index (χ1v) is 7.92. The van der Waals surface area contributed by atoms with Gasteiger partial charge in [0, 0.05) is 32.6 Å². The van der Waals surface area contributed by atoms with Crippen LogP contribution in [0.1, 0.15) is 31.2 Å². The van der Waals surface area contributed by atoms with Gasteiger partial charge in [-0.3, -0.25) is 15.0 Å². The molecule has 0 saturated carbocycles. The molecule has 6 nitrogen and oxygen atoms in total. The molecule has 116 valence electrons. The number of hydrogen-bond donors (Lipinski definition) is 2. The highest BCUT2D eigenvalue weighted by Crippen LogP contribution is 2.18. The average molecular weight is 291 g/mol. The third kappa shape index (κ3) is 2.96. The third-order valence-corrected chi connectivity index (χ3v) is 4.79. The summed E-state index contributed by atoms with van der Waals surface area (Å²) >= 11 is 0. The fourth-order valence-electron chi connectivity index (χ4n) is 3.53. The maximum atomic E-state index is 12.6. The van der Waals surface area contributed by atoms with E-state index in [0.717, 1.165) is 24.5 Å². The van der Waals surface area contributed by atoms with Crippen molar-refractivity contribution < 1.29 is 4.79 Å². The third-order valence-electron chi connectivity index (χ3n) is 4.79. The fraction of sp³-hybridized carbons (Fsp3) is 0.733. The first kappa shape index (κ1) is 14.5. The Labute approximate surface area is 125 Å². The molecule has 1 saturated heterocycles. The van der Waals surface area contributed by atoms with E-state index in [1.807, 2.05) is 11.9 Å². The quantitative estimate of drug-likeness (QED) is 0.841. The number of fused-ring (bicyclic) bond motifs is 1. The van der Waals surface area contributed by atoms with Gasteiger partial charge in [0.1, 0.15) is 0 Å². The summed E-state index contributed by atoms with van der Waals surface area (Å²) in [5.41, 5.74) is 2.13. The van der Waals surface area contributed by atoms with Gasteiger partial charge in [-0.2, -0.15) is 0 Å². The molecule has 2 unspecified atom stereocenters. The van der Waals surface area contributed by atoms with Crippen molar-refractivity contribution in [2.24, 2.45) is 0 Å². The number of imidazole rings is 1. The molecule has 0 bridgehead atoms. The van der Waals surface area contributed by atoms with Crippen molar-refractivity contribution in [1.82, 2.24) is 25.1 Å². The van der Waals surface area contributed by atoms with Crippen LogP contribution in [0.25, 0.3) is 0 Å². The van der Waals surface area contributed by atoms with Crippen LogP contribution in [0.5, 0.6) is 0 Å². The number of aromatic amines is 1. The number of H-pyrrole nitrogens is 1. The van der Waals surface area contributed by atoms with E-state index in [0.29, 0.717) is 19.0 Å². The summed E-state index contributed by atoms with van der Waals surface area (Å²) in [6.45, 7) is 5.97. The van der Waals surface area contributed by atoms with Crippen LogP contribution in [0.15, 0.2) is 6.33 Å². The maximum absolute atomic E-state index is 12.6. The Kier molecular flexibility index (Phi) is 4.26. The van der Waals surface area contributed by atoms with Gasteiger partial charge in [0.15, 0.2) is 0 Å². The molecular formula is C15H25N5O. The van der Waals surface area contributed by atoms with Crippen LogP contribution in [0.4, 0.5) is 0 Å². The minimum atomic E-state index is -0.137. The Balaban J connectivity index is 1.58. The highest BCUT2D eigenvalue weighted by Gasteiger charge is 2.31. The highest BCUT2D eigenvalue weighted by molar-refractivity contribution is 5.82. The monoisotopic (exact) mass is 291 g/mol. The Morgan fingerprint density at radius 2 is 2.43 bits per heavy atom. The summed E-state index contributed by atoms with van der Waals surface area (Å²) in [6.07, 6.45) is 4.84. The number of nitrogens with one attached hydrogen (secondary N) is 2. The van der Waals surface area contributed by atoms with E-state index < -0.39 is 0 Å². The lowest BCUT2D eigenvalue weighted by Crippen LogP contribution is -2.51. The maximum Gasteiger partial charge on any atom is 0.239 e.